The van der Waals surface area contributed by atoms with Crippen molar-refractivity contribution < 1.29 is 22.7 Å². The average Bonchev–Trinajstić information content (AvgIpc) is 2.51. The molecule has 1 atom stereocenters. The van der Waals surface area contributed by atoms with Crippen molar-refractivity contribution in [3.05, 3.63) is 29.8 Å². The number of hydrogen-bond acceptors (Lipinski definition) is 5. The van der Waals surface area contributed by atoms with E-state index in [0.29, 0.717) is 0 Å². The first-order valence-electron chi connectivity index (χ1n) is 7.26. The zero-order valence-electron chi connectivity index (χ0n) is 13.5. The van der Waals surface area contributed by atoms with Crippen molar-refractivity contribution in [1.82, 2.24) is 10.0 Å². The van der Waals surface area contributed by atoms with E-state index < -0.39 is 35.1 Å². The van der Waals surface area contributed by atoms with Gasteiger partial charge in [-0.1, -0.05) is 24.6 Å². The largest absolute Gasteiger partial charge is 0.455 e. The van der Waals surface area contributed by atoms with Crippen LogP contribution in [-0.2, 0) is 24.3 Å². The fourth-order valence-electron chi connectivity index (χ4n) is 1.57. The fourth-order valence-corrected chi connectivity index (χ4v) is 2.54. The van der Waals surface area contributed by atoms with Gasteiger partial charge in [-0.2, -0.15) is 4.72 Å². The molecule has 1 amide bonds. The maximum Gasteiger partial charge on any atom is 0.321 e. The number of nitrogens with one attached hydrogen (secondary N) is 2. The third-order valence-electron chi connectivity index (χ3n) is 3.12. The van der Waals surface area contributed by atoms with Crippen molar-refractivity contribution in [1.29, 1.82) is 0 Å². The van der Waals surface area contributed by atoms with E-state index in [2.05, 4.69) is 10.0 Å². The van der Waals surface area contributed by atoms with Gasteiger partial charge >= 0.3 is 5.97 Å². The van der Waals surface area contributed by atoms with Gasteiger partial charge in [0.15, 0.2) is 6.61 Å². The molecular formula is C15H22N2O5S. The molecule has 0 saturated carbocycles. The molecule has 1 aromatic rings. The number of amides is 1. The highest BCUT2D eigenvalue weighted by Crippen LogP contribution is 2.09. The number of rotatable bonds is 8. The fraction of sp³-hybridized carbons (Fsp3) is 0.467. The van der Waals surface area contributed by atoms with Crippen LogP contribution in [0.3, 0.4) is 0 Å². The molecule has 128 valence electrons. The molecule has 8 heteroatoms. The SMILES string of the molecule is CC[C@H](C)NC(=O)COC(=O)CNS(=O)(=O)c1ccc(C)cc1. The summed E-state index contributed by atoms with van der Waals surface area (Å²) in [5.41, 5.74) is 0.927. The van der Waals surface area contributed by atoms with Gasteiger partial charge in [-0.25, -0.2) is 8.42 Å². The smallest absolute Gasteiger partial charge is 0.321 e. The number of esters is 1. The number of benzene rings is 1. The van der Waals surface area contributed by atoms with Crippen LogP contribution in [-0.4, -0.2) is 39.5 Å². The first-order valence-corrected chi connectivity index (χ1v) is 8.74. The van der Waals surface area contributed by atoms with Gasteiger partial charge in [0, 0.05) is 6.04 Å². The Morgan fingerprint density at radius 1 is 1.22 bits per heavy atom. The summed E-state index contributed by atoms with van der Waals surface area (Å²) in [4.78, 5) is 23.0. The van der Waals surface area contributed by atoms with Crippen molar-refractivity contribution in [2.45, 2.75) is 38.1 Å². The minimum absolute atomic E-state index is 0.0127. The summed E-state index contributed by atoms with van der Waals surface area (Å²) < 4.78 is 30.8. The van der Waals surface area contributed by atoms with Crippen LogP contribution in [0.2, 0.25) is 0 Å². The minimum atomic E-state index is -3.79. The number of sulfonamides is 1. The summed E-state index contributed by atoms with van der Waals surface area (Å²) in [6, 6.07) is 6.20. The first-order chi connectivity index (χ1) is 10.7. The molecule has 0 radical (unpaired) electrons. The summed E-state index contributed by atoms with van der Waals surface area (Å²) in [7, 11) is -3.79. The highest BCUT2D eigenvalue weighted by atomic mass is 32.2. The summed E-state index contributed by atoms with van der Waals surface area (Å²) in [5.74, 6) is -1.24. The molecule has 0 aliphatic rings. The Kier molecular flexibility index (Phi) is 7.18. The normalized spacial score (nSPS) is 12.5. The summed E-state index contributed by atoms with van der Waals surface area (Å²) in [6.45, 7) is 4.61. The van der Waals surface area contributed by atoms with Crippen molar-refractivity contribution in [3.8, 4) is 0 Å². The Bertz CT molecular complexity index is 640. The van der Waals surface area contributed by atoms with Crippen LogP contribution in [0.15, 0.2) is 29.2 Å². The second-order valence-electron chi connectivity index (χ2n) is 5.18. The minimum Gasteiger partial charge on any atom is -0.455 e. The molecule has 1 rings (SSSR count). The molecule has 0 spiro atoms. The molecular weight excluding hydrogens is 320 g/mol. The molecule has 1 aromatic carbocycles. The first kappa shape index (κ1) is 19.1. The van der Waals surface area contributed by atoms with Crippen molar-refractivity contribution >= 4 is 21.9 Å². The standard InChI is InChI=1S/C15H22N2O5S/c1-4-12(3)17-14(18)10-22-15(19)9-16-23(20,21)13-7-5-11(2)6-8-13/h5-8,12,16H,4,9-10H2,1-3H3,(H,17,18)/t12-/m0/s1. The number of aryl methyl sites for hydroxylation is 1. The van der Waals surface area contributed by atoms with Crippen molar-refractivity contribution in [2.24, 2.45) is 0 Å². The van der Waals surface area contributed by atoms with Crippen LogP contribution in [0, 0.1) is 6.92 Å². The second kappa shape index (κ2) is 8.64. The Morgan fingerprint density at radius 3 is 2.39 bits per heavy atom. The third-order valence-corrected chi connectivity index (χ3v) is 4.54. The van der Waals surface area contributed by atoms with Crippen molar-refractivity contribution in [2.75, 3.05) is 13.2 Å². The van der Waals surface area contributed by atoms with Crippen LogP contribution in [0.4, 0.5) is 0 Å². The molecule has 7 nitrogen and oxygen atoms in total. The van der Waals surface area contributed by atoms with Gasteiger partial charge in [0.1, 0.15) is 6.54 Å². The van der Waals surface area contributed by atoms with Crippen LogP contribution < -0.4 is 10.0 Å². The van der Waals surface area contributed by atoms with Gasteiger partial charge < -0.3 is 10.1 Å². The van der Waals surface area contributed by atoms with E-state index in [1.807, 2.05) is 20.8 Å². The lowest BCUT2D eigenvalue weighted by Gasteiger charge is -2.11. The van der Waals surface area contributed by atoms with Gasteiger partial charge in [-0.05, 0) is 32.4 Å². The van der Waals surface area contributed by atoms with E-state index in [9.17, 15) is 18.0 Å². The zero-order chi connectivity index (χ0) is 17.5. The quantitative estimate of drug-likeness (QED) is 0.678. The van der Waals surface area contributed by atoms with Gasteiger partial charge in [-0.3, -0.25) is 9.59 Å². The number of carbonyl (C=O) groups excluding carboxylic acids is 2. The molecule has 0 bridgehead atoms. The molecule has 0 unspecified atom stereocenters. The molecule has 0 fully saturated rings. The monoisotopic (exact) mass is 342 g/mol. The average molecular weight is 342 g/mol. The lowest BCUT2D eigenvalue weighted by Crippen LogP contribution is -2.37. The summed E-state index contributed by atoms with van der Waals surface area (Å²) in [6.07, 6.45) is 0.760. The number of carbonyl (C=O) groups is 2. The number of ether oxygens (including phenoxy) is 1. The Balaban J connectivity index is 2.43. The van der Waals surface area contributed by atoms with Gasteiger partial charge in [0.2, 0.25) is 10.0 Å². The predicted octanol–water partition coefficient (Wildman–Crippen LogP) is 0.731. The second-order valence-corrected chi connectivity index (χ2v) is 6.94. The van der Waals surface area contributed by atoms with E-state index >= 15 is 0 Å². The lowest BCUT2D eigenvalue weighted by atomic mass is 10.2. The molecule has 0 heterocycles. The van der Waals surface area contributed by atoms with E-state index in [1.165, 1.54) is 12.1 Å². The maximum absolute atomic E-state index is 12.0. The molecule has 23 heavy (non-hydrogen) atoms. The van der Waals surface area contributed by atoms with Crippen LogP contribution in [0.5, 0.6) is 0 Å². The summed E-state index contributed by atoms with van der Waals surface area (Å²) >= 11 is 0. The molecule has 0 aliphatic carbocycles. The Labute approximate surface area is 136 Å². The van der Waals surface area contributed by atoms with Crippen LogP contribution >= 0.6 is 0 Å². The Hall–Kier alpha value is -1.93. The third kappa shape index (κ3) is 6.79. The van der Waals surface area contributed by atoms with Crippen LogP contribution in [0.25, 0.3) is 0 Å². The molecule has 2 N–H and O–H groups in total. The zero-order valence-corrected chi connectivity index (χ0v) is 14.3. The van der Waals surface area contributed by atoms with Gasteiger partial charge in [0.25, 0.3) is 5.91 Å². The van der Waals surface area contributed by atoms with E-state index in [0.717, 1.165) is 12.0 Å². The molecule has 0 aliphatic heterocycles. The molecule has 0 saturated heterocycles. The Morgan fingerprint density at radius 2 is 1.83 bits per heavy atom. The van der Waals surface area contributed by atoms with E-state index in [4.69, 9.17) is 4.74 Å². The molecule has 0 aromatic heterocycles. The highest BCUT2D eigenvalue weighted by molar-refractivity contribution is 7.89. The van der Waals surface area contributed by atoms with Gasteiger partial charge in [0.05, 0.1) is 4.90 Å². The number of hydrogen-bond donors (Lipinski definition) is 2. The highest BCUT2D eigenvalue weighted by Gasteiger charge is 2.16. The lowest BCUT2D eigenvalue weighted by molar-refractivity contribution is -0.147. The maximum atomic E-state index is 12.0. The van der Waals surface area contributed by atoms with Gasteiger partial charge in [-0.15, -0.1) is 0 Å². The van der Waals surface area contributed by atoms with Crippen LogP contribution in [0.1, 0.15) is 25.8 Å². The van der Waals surface area contributed by atoms with E-state index in [-0.39, 0.29) is 10.9 Å². The van der Waals surface area contributed by atoms with Crippen molar-refractivity contribution in [3.63, 3.8) is 0 Å². The summed E-state index contributed by atoms with van der Waals surface area (Å²) in [5, 5.41) is 2.63. The van der Waals surface area contributed by atoms with E-state index in [1.54, 1.807) is 12.1 Å². The predicted molar refractivity (Wildman–Crippen MR) is 85.2 cm³/mol. The topological polar surface area (TPSA) is 102 Å².